The standard InChI is InChI=1S/C26H31NO6/c1-17-6-5-7-18(2)27(17)25(29)16-32-23-11-8-20(9-12-23)26(30)33-15-22-14-21(19(3)28)10-13-24(22)31-4/h8-14,17-18H,5-7,15-16H2,1-4H3. The van der Waals surface area contributed by atoms with E-state index in [1.807, 2.05) is 4.90 Å². The highest BCUT2D eigenvalue weighted by Gasteiger charge is 2.29. The fourth-order valence-corrected chi connectivity index (χ4v) is 4.16. The third kappa shape index (κ3) is 6.12. The minimum atomic E-state index is -0.510. The topological polar surface area (TPSA) is 82.1 Å². The van der Waals surface area contributed by atoms with Crippen LogP contribution < -0.4 is 9.47 Å². The highest BCUT2D eigenvalue weighted by atomic mass is 16.5. The van der Waals surface area contributed by atoms with Crippen LogP contribution in [0.15, 0.2) is 42.5 Å². The van der Waals surface area contributed by atoms with Gasteiger partial charge in [-0.15, -0.1) is 0 Å². The second kappa shape index (κ2) is 11.0. The van der Waals surface area contributed by atoms with Crippen molar-refractivity contribution in [1.29, 1.82) is 0 Å². The Kier molecular flexibility index (Phi) is 8.09. The predicted octanol–water partition coefficient (Wildman–Crippen LogP) is 4.42. The van der Waals surface area contributed by atoms with Crippen LogP contribution in [0, 0.1) is 0 Å². The first kappa shape index (κ1) is 24.3. The first-order valence-corrected chi connectivity index (χ1v) is 11.2. The number of carbonyl (C=O) groups excluding carboxylic acids is 3. The number of likely N-dealkylation sites (tertiary alicyclic amines) is 1. The molecule has 176 valence electrons. The largest absolute Gasteiger partial charge is 0.496 e. The van der Waals surface area contributed by atoms with Crippen molar-refractivity contribution in [1.82, 2.24) is 4.90 Å². The maximum absolute atomic E-state index is 12.6. The molecule has 1 amide bonds. The van der Waals surface area contributed by atoms with E-state index in [1.54, 1.807) is 42.5 Å². The van der Waals surface area contributed by atoms with Crippen molar-refractivity contribution in [2.45, 2.75) is 58.7 Å². The Bertz CT molecular complexity index is 990. The molecule has 3 rings (SSSR count). The van der Waals surface area contributed by atoms with Crippen molar-refractivity contribution in [3.05, 3.63) is 59.2 Å². The summed E-state index contributed by atoms with van der Waals surface area (Å²) in [5, 5.41) is 0. The summed E-state index contributed by atoms with van der Waals surface area (Å²) in [4.78, 5) is 38.6. The van der Waals surface area contributed by atoms with E-state index in [0.717, 1.165) is 19.3 Å². The highest BCUT2D eigenvalue weighted by molar-refractivity contribution is 5.94. The SMILES string of the molecule is COc1ccc(C(C)=O)cc1COC(=O)c1ccc(OCC(=O)N2C(C)CCCC2C)cc1. The molecule has 7 nitrogen and oxygen atoms in total. The van der Waals surface area contributed by atoms with Crippen LogP contribution in [-0.4, -0.2) is 48.4 Å². The van der Waals surface area contributed by atoms with Crippen molar-refractivity contribution in [3.8, 4) is 11.5 Å². The summed E-state index contributed by atoms with van der Waals surface area (Å²) in [6.45, 7) is 5.55. The molecule has 0 spiro atoms. The Morgan fingerprint density at radius 1 is 0.970 bits per heavy atom. The van der Waals surface area contributed by atoms with E-state index in [2.05, 4.69) is 13.8 Å². The zero-order chi connectivity index (χ0) is 24.0. The summed E-state index contributed by atoms with van der Waals surface area (Å²) >= 11 is 0. The number of ether oxygens (including phenoxy) is 3. The lowest BCUT2D eigenvalue weighted by atomic mass is 9.97. The van der Waals surface area contributed by atoms with Crippen LogP contribution in [0.1, 0.15) is 66.3 Å². The quantitative estimate of drug-likeness (QED) is 0.435. The number of esters is 1. The van der Waals surface area contributed by atoms with Gasteiger partial charge in [-0.05, 0) is 82.5 Å². The number of amides is 1. The van der Waals surface area contributed by atoms with E-state index in [1.165, 1.54) is 14.0 Å². The van der Waals surface area contributed by atoms with Gasteiger partial charge in [0.1, 0.15) is 18.1 Å². The lowest BCUT2D eigenvalue weighted by Gasteiger charge is -2.38. The average Bonchev–Trinajstić information content (AvgIpc) is 2.81. The van der Waals surface area contributed by atoms with Crippen molar-refractivity contribution in [3.63, 3.8) is 0 Å². The molecular weight excluding hydrogens is 422 g/mol. The summed E-state index contributed by atoms with van der Waals surface area (Å²) in [7, 11) is 1.52. The smallest absolute Gasteiger partial charge is 0.338 e. The van der Waals surface area contributed by atoms with Crippen molar-refractivity contribution in [2.24, 2.45) is 0 Å². The molecule has 2 aromatic carbocycles. The van der Waals surface area contributed by atoms with Gasteiger partial charge in [-0.2, -0.15) is 0 Å². The number of methoxy groups -OCH3 is 1. The molecule has 0 saturated carbocycles. The molecule has 7 heteroatoms. The maximum atomic E-state index is 12.6. The molecule has 2 atom stereocenters. The highest BCUT2D eigenvalue weighted by Crippen LogP contribution is 2.24. The Balaban J connectivity index is 1.56. The number of Topliss-reactive ketones (excluding diaryl/α,β-unsaturated/α-hetero) is 1. The van der Waals surface area contributed by atoms with E-state index in [4.69, 9.17) is 14.2 Å². The number of hydrogen-bond donors (Lipinski definition) is 0. The normalized spacial score (nSPS) is 17.9. The molecule has 0 aliphatic carbocycles. The third-order valence-corrected chi connectivity index (χ3v) is 5.98. The summed E-state index contributed by atoms with van der Waals surface area (Å²) in [5.41, 5.74) is 1.48. The number of hydrogen-bond acceptors (Lipinski definition) is 6. The number of ketones is 1. The monoisotopic (exact) mass is 453 g/mol. The van der Waals surface area contributed by atoms with Gasteiger partial charge in [-0.3, -0.25) is 9.59 Å². The average molecular weight is 454 g/mol. The molecule has 0 bridgehead atoms. The minimum Gasteiger partial charge on any atom is -0.496 e. The van der Waals surface area contributed by atoms with Crippen molar-refractivity contribution >= 4 is 17.7 Å². The van der Waals surface area contributed by atoms with E-state index in [9.17, 15) is 14.4 Å². The molecule has 2 aromatic rings. The van der Waals surface area contributed by atoms with Gasteiger partial charge in [-0.25, -0.2) is 4.79 Å². The Labute approximate surface area is 194 Å². The Morgan fingerprint density at radius 3 is 2.21 bits per heavy atom. The van der Waals surface area contributed by atoms with Gasteiger partial charge in [0.05, 0.1) is 12.7 Å². The van der Waals surface area contributed by atoms with Crippen LogP contribution in [0.3, 0.4) is 0 Å². The number of nitrogens with zero attached hydrogens (tertiary/aromatic N) is 1. The Morgan fingerprint density at radius 2 is 1.61 bits per heavy atom. The van der Waals surface area contributed by atoms with Crippen LogP contribution >= 0.6 is 0 Å². The number of carbonyl (C=O) groups is 3. The van der Waals surface area contributed by atoms with Crippen LogP contribution in [0.5, 0.6) is 11.5 Å². The maximum Gasteiger partial charge on any atom is 0.338 e. The third-order valence-electron chi connectivity index (χ3n) is 5.98. The van der Waals surface area contributed by atoms with Gasteiger partial charge >= 0.3 is 5.97 Å². The molecule has 1 heterocycles. The zero-order valence-corrected chi connectivity index (χ0v) is 19.6. The van der Waals surface area contributed by atoms with Crippen molar-refractivity contribution < 1.29 is 28.6 Å². The van der Waals surface area contributed by atoms with Crippen LogP contribution in [0.4, 0.5) is 0 Å². The predicted molar refractivity (Wildman–Crippen MR) is 124 cm³/mol. The molecular formula is C26H31NO6. The lowest BCUT2D eigenvalue weighted by Crippen LogP contribution is -2.49. The van der Waals surface area contributed by atoms with Gasteiger partial charge < -0.3 is 19.1 Å². The molecule has 33 heavy (non-hydrogen) atoms. The molecule has 1 aliphatic rings. The van der Waals surface area contributed by atoms with E-state index >= 15 is 0 Å². The molecule has 1 fully saturated rings. The summed E-state index contributed by atoms with van der Waals surface area (Å²) in [6.07, 6.45) is 3.16. The summed E-state index contributed by atoms with van der Waals surface area (Å²) in [5.74, 6) is 0.430. The second-order valence-corrected chi connectivity index (χ2v) is 8.40. The fourth-order valence-electron chi connectivity index (χ4n) is 4.16. The minimum absolute atomic E-state index is 0.0257. The van der Waals surface area contributed by atoms with Gasteiger partial charge in [-0.1, -0.05) is 0 Å². The molecule has 0 aromatic heterocycles. The fraction of sp³-hybridized carbons (Fsp3) is 0.423. The van der Waals surface area contributed by atoms with Crippen LogP contribution in [0.2, 0.25) is 0 Å². The first-order chi connectivity index (χ1) is 15.8. The lowest BCUT2D eigenvalue weighted by molar-refractivity contribution is -0.139. The number of benzene rings is 2. The molecule has 1 aliphatic heterocycles. The van der Waals surface area contributed by atoms with E-state index in [0.29, 0.717) is 28.2 Å². The van der Waals surface area contributed by atoms with Gasteiger partial charge in [0.2, 0.25) is 0 Å². The van der Waals surface area contributed by atoms with Crippen molar-refractivity contribution in [2.75, 3.05) is 13.7 Å². The second-order valence-electron chi connectivity index (χ2n) is 8.40. The van der Waals surface area contributed by atoms with Gasteiger partial charge in [0, 0.05) is 23.2 Å². The van der Waals surface area contributed by atoms with Crippen LogP contribution in [0.25, 0.3) is 0 Å². The first-order valence-electron chi connectivity index (χ1n) is 11.2. The van der Waals surface area contributed by atoms with Gasteiger partial charge in [0.15, 0.2) is 12.4 Å². The summed E-state index contributed by atoms with van der Waals surface area (Å²) < 4.78 is 16.3. The molecule has 1 saturated heterocycles. The Hall–Kier alpha value is -3.35. The molecule has 2 unspecified atom stereocenters. The number of piperidine rings is 1. The number of rotatable bonds is 8. The van der Waals surface area contributed by atoms with Gasteiger partial charge in [0.25, 0.3) is 5.91 Å². The van der Waals surface area contributed by atoms with E-state index < -0.39 is 5.97 Å². The van der Waals surface area contributed by atoms with E-state index in [-0.39, 0.29) is 37.0 Å². The zero-order valence-electron chi connectivity index (χ0n) is 19.6. The summed E-state index contributed by atoms with van der Waals surface area (Å²) in [6, 6.07) is 11.9. The molecule has 0 radical (unpaired) electrons. The van der Waals surface area contributed by atoms with Crippen LogP contribution in [-0.2, 0) is 16.1 Å². The molecule has 0 N–H and O–H groups in total.